The first-order chi connectivity index (χ1) is 18.0. The molecule has 0 amide bonds. The highest BCUT2D eigenvalue weighted by Gasteiger charge is 2.32. The number of nitrogens with one attached hydrogen (secondary N) is 1. The van der Waals surface area contributed by atoms with Crippen LogP contribution in [-0.2, 0) is 12.4 Å². The number of halogens is 6. The second kappa shape index (κ2) is 9.90. The number of nitrogens with zero attached hydrogens (tertiary/aromatic N) is 4. The van der Waals surface area contributed by atoms with Gasteiger partial charge in [0.25, 0.3) is 0 Å². The first-order valence-corrected chi connectivity index (χ1v) is 12.0. The predicted octanol–water partition coefficient (Wildman–Crippen LogP) is 7.10. The molecule has 3 heterocycles. The number of benzene rings is 2. The summed E-state index contributed by atoms with van der Waals surface area (Å²) >= 11 is 0. The van der Waals surface area contributed by atoms with E-state index in [-0.39, 0.29) is 23.3 Å². The molecule has 0 saturated carbocycles. The molecule has 1 aliphatic heterocycles. The fourth-order valence-electron chi connectivity index (χ4n) is 4.60. The first-order valence-electron chi connectivity index (χ1n) is 12.0. The van der Waals surface area contributed by atoms with Crippen LogP contribution in [0.5, 0.6) is 0 Å². The van der Waals surface area contributed by atoms with E-state index in [0.29, 0.717) is 30.2 Å². The van der Waals surface area contributed by atoms with E-state index in [2.05, 4.69) is 25.0 Å². The fourth-order valence-corrected chi connectivity index (χ4v) is 4.60. The third-order valence-electron chi connectivity index (χ3n) is 6.83. The van der Waals surface area contributed by atoms with Crippen LogP contribution >= 0.6 is 0 Å². The molecule has 12 heteroatoms. The number of rotatable bonds is 5. The number of alkyl halides is 6. The molecule has 6 nitrogen and oxygen atoms in total. The minimum Gasteiger partial charge on any atom is -0.342 e. The van der Waals surface area contributed by atoms with E-state index in [0.717, 1.165) is 42.9 Å². The lowest BCUT2D eigenvalue weighted by Gasteiger charge is -2.33. The number of H-pyrrole nitrogens is 1. The van der Waals surface area contributed by atoms with Crippen molar-refractivity contribution in [2.24, 2.45) is 0 Å². The smallest absolute Gasteiger partial charge is 0.342 e. The third-order valence-corrected chi connectivity index (χ3v) is 6.83. The van der Waals surface area contributed by atoms with E-state index < -0.39 is 23.5 Å². The zero-order chi connectivity index (χ0) is 27.1. The summed E-state index contributed by atoms with van der Waals surface area (Å²) in [5.74, 6) is 1.33. The van der Waals surface area contributed by atoms with Crippen molar-refractivity contribution < 1.29 is 30.9 Å². The number of aromatic amines is 1. The lowest BCUT2D eigenvalue weighted by atomic mass is 9.95. The molecule has 5 rings (SSSR count). The monoisotopic (exact) mass is 535 g/mol. The summed E-state index contributed by atoms with van der Waals surface area (Å²) in [4.78, 5) is 14.2. The molecule has 1 fully saturated rings. The molecule has 0 spiro atoms. The maximum absolute atomic E-state index is 13.0. The molecule has 2 aromatic carbocycles. The minimum absolute atomic E-state index is 0.0965. The SMILES string of the molecule is CC(c1nc(-c2cccc(C(F)(F)F)c2)no1)N1CCC(c2ncc(-c3ccc(C(F)(F)F)cc3)[nH]2)CC1. The van der Waals surface area contributed by atoms with Crippen LogP contribution in [0.25, 0.3) is 22.6 Å². The Labute approximate surface area is 213 Å². The van der Waals surface area contributed by atoms with Crippen LogP contribution in [0.2, 0.25) is 0 Å². The zero-order valence-corrected chi connectivity index (χ0v) is 20.1. The molecule has 1 N–H and O–H groups in total. The van der Waals surface area contributed by atoms with Crippen LogP contribution < -0.4 is 0 Å². The molecule has 1 saturated heterocycles. The van der Waals surface area contributed by atoms with E-state index in [1.54, 1.807) is 6.20 Å². The average Bonchev–Trinajstić information content (AvgIpc) is 3.58. The van der Waals surface area contributed by atoms with Crippen molar-refractivity contribution in [3.63, 3.8) is 0 Å². The highest BCUT2D eigenvalue weighted by Crippen LogP contribution is 2.35. The number of hydrogen-bond donors (Lipinski definition) is 1. The molecule has 200 valence electrons. The van der Waals surface area contributed by atoms with Gasteiger partial charge in [-0.05, 0) is 62.7 Å². The Bertz CT molecular complexity index is 1380. The molecule has 1 unspecified atom stereocenters. The van der Waals surface area contributed by atoms with Crippen molar-refractivity contribution in [2.75, 3.05) is 13.1 Å². The molecule has 2 aromatic heterocycles. The Hall–Kier alpha value is -3.67. The summed E-state index contributed by atoms with van der Waals surface area (Å²) in [5.41, 5.74) is 0.0113. The molecule has 38 heavy (non-hydrogen) atoms. The quantitative estimate of drug-likeness (QED) is 0.276. The summed E-state index contributed by atoms with van der Waals surface area (Å²) in [6.07, 6.45) is -5.67. The molecule has 4 aromatic rings. The van der Waals surface area contributed by atoms with E-state index >= 15 is 0 Å². The largest absolute Gasteiger partial charge is 0.416 e. The van der Waals surface area contributed by atoms with Gasteiger partial charge in [-0.15, -0.1) is 0 Å². The second-order valence-corrected chi connectivity index (χ2v) is 9.28. The lowest BCUT2D eigenvalue weighted by Crippen LogP contribution is -2.35. The maximum atomic E-state index is 13.0. The van der Waals surface area contributed by atoms with Gasteiger partial charge < -0.3 is 9.51 Å². The van der Waals surface area contributed by atoms with Crippen molar-refractivity contribution in [2.45, 2.75) is 44.1 Å². The lowest BCUT2D eigenvalue weighted by molar-refractivity contribution is -0.138. The van der Waals surface area contributed by atoms with Gasteiger partial charge in [-0.25, -0.2) is 4.98 Å². The second-order valence-electron chi connectivity index (χ2n) is 9.28. The van der Waals surface area contributed by atoms with Gasteiger partial charge in [0.15, 0.2) is 0 Å². The number of likely N-dealkylation sites (tertiary alicyclic amines) is 1. The van der Waals surface area contributed by atoms with Gasteiger partial charge in [-0.1, -0.05) is 29.4 Å². The maximum Gasteiger partial charge on any atom is 0.416 e. The summed E-state index contributed by atoms with van der Waals surface area (Å²) in [6.45, 7) is 3.30. The van der Waals surface area contributed by atoms with Crippen LogP contribution in [0.15, 0.2) is 59.3 Å². The Kier molecular flexibility index (Phi) is 6.76. The average molecular weight is 535 g/mol. The minimum atomic E-state index is -4.47. The Balaban J connectivity index is 1.21. The Morgan fingerprint density at radius 3 is 2.26 bits per heavy atom. The summed E-state index contributed by atoms with van der Waals surface area (Å²) in [5, 5.41) is 3.88. The van der Waals surface area contributed by atoms with E-state index in [1.807, 2.05) is 6.92 Å². The molecule has 1 atom stereocenters. The molecule has 0 aliphatic carbocycles. The molecule has 1 aliphatic rings. The van der Waals surface area contributed by atoms with E-state index in [9.17, 15) is 26.3 Å². The molecule has 0 bridgehead atoms. The van der Waals surface area contributed by atoms with Crippen LogP contribution in [0.3, 0.4) is 0 Å². The van der Waals surface area contributed by atoms with Gasteiger partial charge in [0, 0.05) is 11.5 Å². The van der Waals surface area contributed by atoms with Crippen LogP contribution in [-0.4, -0.2) is 38.1 Å². The van der Waals surface area contributed by atoms with Gasteiger partial charge in [0.1, 0.15) is 5.82 Å². The van der Waals surface area contributed by atoms with Crippen molar-refractivity contribution in [3.8, 4) is 22.6 Å². The Morgan fingerprint density at radius 2 is 1.61 bits per heavy atom. The fraction of sp³-hybridized carbons (Fsp3) is 0.346. The van der Waals surface area contributed by atoms with Crippen molar-refractivity contribution >= 4 is 0 Å². The molecule has 0 radical (unpaired) electrons. The van der Waals surface area contributed by atoms with Crippen molar-refractivity contribution in [1.29, 1.82) is 0 Å². The normalized spacial score (nSPS) is 16.6. The number of hydrogen-bond acceptors (Lipinski definition) is 5. The van der Waals surface area contributed by atoms with Gasteiger partial charge in [0.2, 0.25) is 11.7 Å². The highest BCUT2D eigenvalue weighted by molar-refractivity contribution is 5.59. The number of piperidine rings is 1. The van der Waals surface area contributed by atoms with Gasteiger partial charge in [0.05, 0.1) is 29.1 Å². The van der Waals surface area contributed by atoms with Crippen LogP contribution in [0, 0.1) is 0 Å². The van der Waals surface area contributed by atoms with E-state index in [1.165, 1.54) is 24.3 Å². The summed E-state index contributed by atoms with van der Waals surface area (Å²) < 4.78 is 83.0. The molecular weight excluding hydrogens is 512 g/mol. The first kappa shape index (κ1) is 26.0. The Morgan fingerprint density at radius 1 is 0.921 bits per heavy atom. The zero-order valence-electron chi connectivity index (χ0n) is 20.1. The number of aromatic nitrogens is 4. The van der Waals surface area contributed by atoms with Crippen LogP contribution in [0.4, 0.5) is 26.3 Å². The van der Waals surface area contributed by atoms with Gasteiger partial charge >= 0.3 is 12.4 Å². The summed E-state index contributed by atoms with van der Waals surface area (Å²) in [6, 6.07) is 9.49. The standard InChI is InChI=1S/C26H23F6N5O/c1-15(24-35-23(36-38-24)18-3-2-4-20(13-18)26(30,31)32)37-11-9-17(10-12-37)22-33-14-21(34-22)16-5-7-19(8-6-16)25(27,28)29/h2-8,13-15,17H,9-12H2,1H3,(H,33,34). The summed E-state index contributed by atoms with van der Waals surface area (Å²) in [7, 11) is 0. The van der Waals surface area contributed by atoms with E-state index in [4.69, 9.17) is 4.52 Å². The predicted molar refractivity (Wildman–Crippen MR) is 126 cm³/mol. The van der Waals surface area contributed by atoms with Gasteiger partial charge in [-0.2, -0.15) is 31.3 Å². The molecular formula is C26H23F6N5O. The van der Waals surface area contributed by atoms with Gasteiger partial charge in [-0.3, -0.25) is 4.90 Å². The van der Waals surface area contributed by atoms with Crippen LogP contribution in [0.1, 0.15) is 54.6 Å². The highest BCUT2D eigenvalue weighted by atomic mass is 19.4. The topological polar surface area (TPSA) is 70.8 Å². The van der Waals surface area contributed by atoms with Crippen molar-refractivity contribution in [3.05, 3.63) is 77.6 Å². The third kappa shape index (κ3) is 5.45. The number of imidazole rings is 1. The van der Waals surface area contributed by atoms with Crippen molar-refractivity contribution in [1.82, 2.24) is 25.0 Å².